The summed E-state index contributed by atoms with van der Waals surface area (Å²) in [6.45, 7) is 2.60. The first-order chi connectivity index (χ1) is 17.8. The molecule has 0 spiro atoms. The number of pyridine rings is 1. The van der Waals surface area contributed by atoms with Crippen LogP contribution < -0.4 is 5.73 Å². The molecule has 4 heterocycles. The molecule has 1 unspecified atom stereocenters. The molecule has 1 saturated carbocycles. The maximum atomic E-state index is 13.4. The number of nitrogens with two attached hydrogens (primary N) is 1. The SMILES string of the molecule is Cc1ccc2c(cnn2C2CCCCO2)c1-n1c(N)c(C#N)c2cnc(C3CC3)c(CCC(F)(F)F)c21. The number of aryl methyl sites for hydroxylation is 2. The van der Waals surface area contributed by atoms with Crippen LogP contribution in [0.1, 0.15) is 73.1 Å². The summed E-state index contributed by atoms with van der Waals surface area (Å²) in [5, 5.41) is 15.9. The number of fused-ring (bicyclic) bond motifs is 2. The van der Waals surface area contributed by atoms with Crippen LogP contribution in [0.2, 0.25) is 0 Å². The lowest BCUT2D eigenvalue weighted by atomic mass is 10.0. The monoisotopic (exact) mass is 508 g/mol. The van der Waals surface area contributed by atoms with E-state index in [2.05, 4.69) is 16.2 Å². The zero-order chi connectivity index (χ0) is 25.9. The standard InChI is InChI=1S/C27H27F3N6O/c1-15-5-8-21-20(14-34-36(21)22-4-2-3-11-37-22)24(15)35-25-17(9-10-27(28,29)30)23(16-6-7-16)33-13-19(25)18(12-31)26(35)32/h5,8,13-14,16,22H,2-4,6-7,9-11,32H2,1H3. The zero-order valence-corrected chi connectivity index (χ0v) is 20.5. The molecule has 1 atom stereocenters. The van der Waals surface area contributed by atoms with Crippen molar-refractivity contribution in [2.45, 2.75) is 70.2 Å². The first-order valence-electron chi connectivity index (χ1n) is 12.7. The van der Waals surface area contributed by atoms with Gasteiger partial charge >= 0.3 is 6.18 Å². The number of nitriles is 1. The Hall–Kier alpha value is -3.58. The van der Waals surface area contributed by atoms with Gasteiger partial charge in [0.2, 0.25) is 0 Å². The lowest BCUT2D eigenvalue weighted by molar-refractivity contribution is -0.133. The summed E-state index contributed by atoms with van der Waals surface area (Å²) in [5.41, 5.74) is 11.0. The minimum Gasteiger partial charge on any atom is -0.384 e. The van der Waals surface area contributed by atoms with Gasteiger partial charge in [-0.25, -0.2) is 4.68 Å². The van der Waals surface area contributed by atoms with E-state index in [0.29, 0.717) is 34.5 Å². The number of nitrogen functional groups attached to an aromatic ring is 1. The third-order valence-electron chi connectivity index (χ3n) is 7.51. The van der Waals surface area contributed by atoms with E-state index in [1.807, 2.05) is 23.7 Å². The Labute approximate surface area is 211 Å². The van der Waals surface area contributed by atoms with Gasteiger partial charge in [-0.15, -0.1) is 0 Å². The molecule has 0 amide bonds. The highest BCUT2D eigenvalue weighted by Gasteiger charge is 2.34. The Morgan fingerprint density at radius 1 is 1.16 bits per heavy atom. The van der Waals surface area contributed by atoms with E-state index in [4.69, 9.17) is 10.5 Å². The van der Waals surface area contributed by atoms with E-state index in [1.54, 1.807) is 17.0 Å². The highest BCUT2D eigenvalue weighted by molar-refractivity contribution is 5.99. The summed E-state index contributed by atoms with van der Waals surface area (Å²) in [6.07, 6.45) is 2.36. The molecule has 6 rings (SSSR count). The average Bonchev–Trinajstić information content (AvgIpc) is 3.57. The molecular formula is C27H27F3N6O. The molecule has 37 heavy (non-hydrogen) atoms. The summed E-state index contributed by atoms with van der Waals surface area (Å²) in [4.78, 5) is 4.56. The molecule has 1 aliphatic carbocycles. The van der Waals surface area contributed by atoms with E-state index in [9.17, 15) is 18.4 Å². The minimum atomic E-state index is -4.32. The van der Waals surface area contributed by atoms with Crippen molar-refractivity contribution in [2.75, 3.05) is 12.3 Å². The second-order valence-corrected chi connectivity index (χ2v) is 10.1. The summed E-state index contributed by atoms with van der Waals surface area (Å²) in [7, 11) is 0. The van der Waals surface area contributed by atoms with Crippen LogP contribution in [-0.2, 0) is 11.2 Å². The molecule has 10 heteroatoms. The summed E-state index contributed by atoms with van der Waals surface area (Å²) < 4.78 is 49.8. The Balaban J connectivity index is 1.63. The van der Waals surface area contributed by atoms with Gasteiger partial charge in [0.05, 0.1) is 22.9 Å². The second-order valence-electron chi connectivity index (χ2n) is 10.1. The number of hydrogen-bond donors (Lipinski definition) is 1. The lowest BCUT2D eigenvalue weighted by Crippen LogP contribution is -2.19. The van der Waals surface area contributed by atoms with Crippen LogP contribution in [0, 0.1) is 18.3 Å². The van der Waals surface area contributed by atoms with Crippen LogP contribution in [0.25, 0.3) is 27.5 Å². The van der Waals surface area contributed by atoms with Gasteiger partial charge in [-0.1, -0.05) is 6.07 Å². The van der Waals surface area contributed by atoms with Gasteiger partial charge in [0, 0.05) is 41.6 Å². The van der Waals surface area contributed by atoms with Crippen molar-refractivity contribution in [3.05, 3.63) is 46.9 Å². The maximum absolute atomic E-state index is 13.4. The normalized spacial score (nSPS) is 18.5. The summed E-state index contributed by atoms with van der Waals surface area (Å²) in [5.74, 6) is 0.323. The maximum Gasteiger partial charge on any atom is 0.389 e. The molecule has 3 aromatic heterocycles. The predicted octanol–water partition coefficient (Wildman–Crippen LogP) is 6.21. The number of rotatable bonds is 5. The van der Waals surface area contributed by atoms with Gasteiger partial charge in [-0.3, -0.25) is 9.55 Å². The fourth-order valence-corrected chi connectivity index (χ4v) is 5.60. The lowest BCUT2D eigenvalue weighted by Gasteiger charge is -2.23. The fourth-order valence-electron chi connectivity index (χ4n) is 5.60. The smallest absolute Gasteiger partial charge is 0.384 e. The van der Waals surface area contributed by atoms with Crippen LogP contribution in [0.3, 0.4) is 0 Å². The number of hydrogen-bond acceptors (Lipinski definition) is 5. The van der Waals surface area contributed by atoms with Crippen molar-refractivity contribution in [3.8, 4) is 11.8 Å². The number of ether oxygens (including phenoxy) is 1. The van der Waals surface area contributed by atoms with Crippen molar-refractivity contribution < 1.29 is 17.9 Å². The number of benzene rings is 1. The van der Waals surface area contributed by atoms with Crippen molar-refractivity contribution in [3.63, 3.8) is 0 Å². The first kappa shape index (κ1) is 23.8. The van der Waals surface area contributed by atoms with Crippen LogP contribution in [-0.4, -0.2) is 32.1 Å². The van der Waals surface area contributed by atoms with Crippen LogP contribution in [0.4, 0.5) is 19.0 Å². The zero-order valence-electron chi connectivity index (χ0n) is 20.5. The van der Waals surface area contributed by atoms with E-state index >= 15 is 0 Å². The summed E-state index contributed by atoms with van der Waals surface area (Å²) in [6, 6.07) is 6.10. The highest BCUT2D eigenvalue weighted by Crippen LogP contribution is 2.45. The number of halogens is 3. The Morgan fingerprint density at radius 2 is 1.97 bits per heavy atom. The van der Waals surface area contributed by atoms with Crippen LogP contribution in [0.15, 0.2) is 24.5 Å². The summed E-state index contributed by atoms with van der Waals surface area (Å²) >= 11 is 0. The third-order valence-corrected chi connectivity index (χ3v) is 7.51. The molecule has 1 aromatic carbocycles. The quantitative estimate of drug-likeness (QED) is 0.346. The molecule has 4 aromatic rings. The van der Waals surface area contributed by atoms with E-state index < -0.39 is 12.6 Å². The van der Waals surface area contributed by atoms with E-state index in [1.165, 1.54) is 0 Å². The molecule has 2 N–H and O–H groups in total. The molecular weight excluding hydrogens is 481 g/mol. The van der Waals surface area contributed by atoms with Gasteiger partial charge in [-0.05, 0) is 62.6 Å². The van der Waals surface area contributed by atoms with Crippen molar-refractivity contribution in [2.24, 2.45) is 0 Å². The molecule has 2 fully saturated rings. The topological polar surface area (TPSA) is 94.7 Å². The minimum absolute atomic E-state index is 0.130. The largest absolute Gasteiger partial charge is 0.389 e. The molecule has 1 saturated heterocycles. The fraction of sp³-hybridized carbons (Fsp3) is 0.444. The third kappa shape index (κ3) is 4.02. The number of aromatic nitrogens is 4. The van der Waals surface area contributed by atoms with Crippen LogP contribution in [0.5, 0.6) is 0 Å². The van der Waals surface area contributed by atoms with Crippen molar-refractivity contribution in [1.29, 1.82) is 5.26 Å². The predicted molar refractivity (Wildman–Crippen MR) is 133 cm³/mol. The van der Waals surface area contributed by atoms with Gasteiger partial charge in [0.25, 0.3) is 0 Å². The Bertz CT molecular complexity index is 1550. The number of nitrogens with zero attached hydrogens (tertiary/aromatic N) is 5. The molecule has 2 aliphatic rings. The van der Waals surface area contributed by atoms with E-state index in [-0.39, 0.29) is 29.9 Å². The first-order valence-corrected chi connectivity index (χ1v) is 12.7. The Kier molecular flexibility index (Phi) is 5.64. The van der Waals surface area contributed by atoms with Crippen molar-refractivity contribution >= 4 is 27.6 Å². The number of alkyl halides is 3. The molecule has 0 bridgehead atoms. The number of anilines is 1. The van der Waals surface area contributed by atoms with Crippen LogP contribution >= 0.6 is 0 Å². The molecule has 1 aliphatic heterocycles. The van der Waals surface area contributed by atoms with Gasteiger partial charge in [-0.2, -0.15) is 23.5 Å². The molecule has 0 radical (unpaired) electrons. The van der Waals surface area contributed by atoms with Crippen molar-refractivity contribution in [1.82, 2.24) is 19.3 Å². The molecule has 192 valence electrons. The van der Waals surface area contributed by atoms with Gasteiger partial charge in [0.15, 0.2) is 6.23 Å². The van der Waals surface area contributed by atoms with Gasteiger partial charge < -0.3 is 10.5 Å². The average molecular weight is 509 g/mol. The molecule has 7 nitrogen and oxygen atoms in total. The van der Waals surface area contributed by atoms with Gasteiger partial charge in [0.1, 0.15) is 17.5 Å². The van der Waals surface area contributed by atoms with E-state index in [0.717, 1.165) is 48.6 Å². The second kappa shape index (κ2) is 8.77. The Morgan fingerprint density at radius 3 is 2.65 bits per heavy atom. The highest BCUT2D eigenvalue weighted by atomic mass is 19.4.